The molecule has 7 nitrogen and oxygen atoms in total. The summed E-state index contributed by atoms with van der Waals surface area (Å²) >= 11 is 2.92. The van der Waals surface area contributed by atoms with Gasteiger partial charge in [-0.3, -0.25) is 14.4 Å². The number of rotatable bonds is 7. The summed E-state index contributed by atoms with van der Waals surface area (Å²) in [6, 6.07) is 5.60. The molecule has 9 heteroatoms. The van der Waals surface area contributed by atoms with Gasteiger partial charge in [0.05, 0.1) is 12.0 Å². The van der Waals surface area contributed by atoms with Gasteiger partial charge in [0.1, 0.15) is 18.4 Å². The van der Waals surface area contributed by atoms with Crippen molar-refractivity contribution in [2.75, 3.05) is 13.7 Å². The normalized spacial score (nSPS) is 22.6. The monoisotopic (exact) mass is 486 g/mol. The molecule has 4 atom stereocenters. The maximum absolute atomic E-state index is 14.0. The van der Waals surface area contributed by atoms with E-state index < -0.39 is 29.8 Å². The van der Waals surface area contributed by atoms with E-state index in [4.69, 9.17) is 14.9 Å². The van der Waals surface area contributed by atoms with Crippen molar-refractivity contribution >= 4 is 40.3 Å². The van der Waals surface area contributed by atoms with E-state index in [1.165, 1.54) is 34.7 Å². The zero-order valence-corrected chi connectivity index (χ0v) is 20.5. The van der Waals surface area contributed by atoms with Crippen LogP contribution in [0, 0.1) is 26.7 Å². The van der Waals surface area contributed by atoms with Gasteiger partial charge in [-0.25, -0.2) is 0 Å². The molecular formula is C24H26N2O5S2. The highest BCUT2D eigenvalue weighted by molar-refractivity contribution is 7.10. The minimum atomic E-state index is -0.999. The SMILES string of the molecule is COCC(=O)N1C(C(N)=O)C(c2sccc2C)C(C(=O)c2ccc(C)o2)C1c1sccc1C. The van der Waals surface area contributed by atoms with Crippen LogP contribution in [-0.4, -0.2) is 42.3 Å². The minimum Gasteiger partial charge on any atom is -0.458 e. The topological polar surface area (TPSA) is 103 Å². The van der Waals surface area contributed by atoms with Crippen molar-refractivity contribution in [2.45, 2.75) is 38.8 Å². The number of likely N-dealkylation sites (tertiary alicyclic amines) is 1. The summed E-state index contributed by atoms with van der Waals surface area (Å²) in [5.74, 6) is -1.82. The Labute approximate surface area is 200 Å². The molecule has 1 fully saturated rings. The lowest BCUT2D eigenvalue weighted by Gasteiger charge is -2.30. The van der Waals surface area contributed by atoms with Gasteiger partial charge in [-0.1, -0.05) is 0 Å². The third-order valence-electron chi connectivity index (χ3n) is 6.17. The van der Waals surface area contributed by atoms with E-state index in [1.807, 2.05) is 36.7 Å². The predicted molar refractivity (Wildman–Crippen MR) is 127 cm³/mol. The van der Waals surface area contributed by atoms with E-state index in [1.54, 1.807) is 19.1 Å². The van der Waals surface area contributed by atoms with Crippen molar-refractivity contribution in [3.05, 3.63) is 67.4 Å². The molecule has 3 aromatic rings. The Morgan fingerprint density at radius 1 is 1.03 bits per heavy atom. The fraction of sp³-hybridized carbons (Fsp3) is 0.375. The third-order valence-corrected chi connectivity index (χ3v) is 8.38. The van der Waals surface area contributed by atoms with Gasteiger partial charge in [0.25, 0.3) is 0 Å². The first-order chi connectivity index (χ1) is 15.8. The van der Waals surface area contributed by atoms with Crippen LogP contribution in [0.15, 0.2) is 39.4 Å². The fourth-order valence-corrected chi connectivity index (χ4v) is 6.96. The van der Waals surface area contributed by atoms with Gasteiger partial charge in [-0.15, -0.1) is 22.7 Å². The van der Waals surface area contributed by atoms with Crippen LogP contribution in [0.2, 0.25) is 0 Å². The molecule has 33 heavy (non-hydrogen) atoms. The number of Topliss-reactive ketones (excluding diaryl/α,β-unsaturated/α-hetero) is 1. The number of nitrogens with two attached hydrogens (primary N) is 1. The number of primary amides is 1. The summed E-state index contributed by atoms with van der Waals surface area (Å²) in [5.41, 5.74) is 7.82. The summed E-state index contributed by atoms with van der Waals surface area (Å²) in [7, 11) is 1.42. The second-order valence-corrected chi connectivity index (χ2v) is 10.2. The molecule has 0 saturated carbocycles. The third kappa shape index (κ3) is 4.05. The number of thiophene rings is 2. The first-order valence-corrected chi connectivity index (χ1v) is 12.3. The Balaban J connectivity index is 1.98. The molecule has 0 spiro atoms. The molecule has 2 N–H and O–H groups in total. The van der Waals surface area contributed by atoms with Gasteiger partial charge in [-0.2, -0.15) is 0 Å². The smallest absolute Gasteiger partial charge is 0.249 e. The molecule has 0 bridgehead atoms. The largest absolute Gasteiger partial charge is 0.458 e. The molecule has 3 aromatic heterocycles. The van der Waals surface area contributed by atoms with Crippen molar-refractivity contribution in [3.8, 4) is 0 Å². The number of ketones is 1. The number of ether oxygens (including phenoxy) is 1. The number of nitrogens with zero attached hydrogens (tertiary/aromatic N) is 1. The summed E-state index contributed by atoms with van der Waals surface area (Å²) < 4.78 is 10.8. The molecule has 1 aliphatic rings. The predicted octanol–water partition coefficient (Wildman–Crippen LogP) is 3.99. The summed E-state index contributed by atoms with van der Waals surface area (Å²) in [6.45, 7) is 5.43. The number of furan rings is 1. The van der Waals surface area contributed by atoms with E-state index in [0.29, 0.717) is 5.76 Å². The number of hydrogen-bond donors (Lipinski definition) is 1. The van der Waals surface area contributed by atoms with Crippen LogP contribution in [0.3, 0.4) is 0 Å². The lowest BCUT2D eigenvalue weighted by Crippen LogP contribution is -2.47. The Kier molecular flexibility index (Phi) is 6.56. The van der Waals surface area contributed by atoms with Crippen molar-refractivity contribution in [1.82, 2.24) is 4.90 Å². The molecule has 4 unspecified atom stereocenters. The van der Waals surface area contributed by atoms with E-state index in [0.717, 1.165) is 20.9 Å². The van der Waals surface area contributed by atoms with Gasteiger partial charge in [0.15, 0.2) is 5.76 Å². The fourth-order valence-electron chi connectivity index (χ4n) is 4.78. The first kappa shape index (κ1) is 23.4. The first-order valence-electron chi connectivity index (χ1n) is 10.5. The molecule has 174 valence electrons. The highest BCUT2D eigenvalue weighted by atomic mass is 32.1. The molecular weight excluding hydrogens is 460 g/mol. The van der Waals surface area contributed by atoms with Gasteiger partial charge >= 0.3 is 0 Å². The molecule has 0 aromatic carbocycles. The Hall–Kier alpha value is -2.75. The van der Waals surface area contributed by atoms with Crippen LogP contribution < -0.4 is 5.73 Å². The summed E-state index contributed by atoms with van der Waals surface area (Å²) in [5, 5.41) is 3.84. The highest BCUT2D eigenvalue weighted by Crippen LogP contribution is 2.54. The second-order valence-electron chi connectivity index (χ2n) is 8.29. The van der Waals surface area contributed by atoms with E-state index in [9.17, 15) is 14.4 Å². The summed E-state index contributed by atoms with van der Waals surface area (Å²) in [4.78, 5) is 43.4. The van der Waals surface area contributed by atoms with Crippen LogP contribution in [0.5, 0.6) is 0 Å². The van der Waals surface area contributed by atoms with Gasteiger partial charge in [-0.05, 0) is 66.9 Å². The Morgan fingerprint density at radius 2 is 1.67 bits per heavy atom. The summed E-state index contributed by atoms with van der Waals surface area (Å²) in [6.07, 6.45) is 0. The number of carbonyl (C=O) groups excluding carboxylic acids is 3. The average Bonchev–Trinajstić information content (AvgIpc) is 3.53. The maximum Gasteiger partial charge on any atom is 0.249 e. The average molecular weight is 487 g/mol. The Morgan fingerprint density at radius 3 is 2.15 bits per heavy atom. The molecule has 0 radical (unpaired) electrons. The minimum absolute atomic E-state index is 0.208. The molecule has 1 saturated heterocycles. The lowest BCUT2D eigenvalue weighted by atomic mass is 9.80. The van der Waals surface area contributed by atoms with E-state index in [2.05, 4.69) is 0 Å². The highest BCUT2D eigenvalue weighted by Gasteiger charge is 2.58. The standard InChI is InChI=1S/C24H26N2O5S2/c1-12-7-9-32-22(12)18-17(21(28)15-6-5-14(3)31-15)19(23-13(2)8-10-33-23)26(16(27)11-30-4)20(18)24(25)29/h5-10,17-20H,11H2,1-4H3,(H2,25,29). The van der Waals surface area contributed by atoms with Crippen molar-refractivity contribution in [1.29, 1.82) is 0 Å². The van der Waals surface area contributed by atoms with Gasteiger partial charge in [0, 0.05) is 22.8 Å². The van der Waals surface area contributed by atoms with E-state index in [-0.39, 0.29) is 24.1 Å². The van der Waals surface area contributed by atoms with Crippen molar-refractivity contribution < 1.29 is 23.5 Å². The van der Waals surface area contributed by atoms with Crippen molar-refractivity contribution in [3.63, 3.8) is 0 Å². The van der Waals surface area contributed by atoms with Crippen LogP contribution in [-0.2, 0) is 14.3 Å². The number of amides is 2. The zero-order chi connectivity index (χ0) is 23.9. The van der Waals surface area contributed by atoms with Gasteiger partial charge in [0.2, 0.25) is 17.6 Å². The molecule has 4 heterocycles. The zero-order valence-electron chi connectivity index (χ0n) is 18.9. The lowest BCUT2D eigenvalue weighted by molar-refractivity contribution is -0.142. The quantitative estimate of drug-likeness (QED) is 0.509. The Bertz CT molecular complexity index is 1190. The van der Waals surface area contributed by atoms with Crippen LogP contribution in [0.1, 0.15) is 49.2 Å². The van der Waals surface area contributed by atoms with Crippen molar-refractivity contribution in [2.24, 2.45) is 11.7 Å². The molecule has 4 rings (SSSR count). The number of carbonyl (C=O) groups is 3. The number of methoxy groups -OCH3 is 1. The number of aryl methyl sites for hydroxylation is 3. The van der Waals surface area contributed by atoms with E-state index >= 15 is 0 Å². The number of hydrogen-bond acceptors (Lipinski definition) is 7. The second kappa shape index (κ2) is 9.24. The van der Waals surface area contributed by atoms with Gasteiger partial charge < -0.3 is 19.8 Å². The maximum atomic E-state index is 14.0. The van der Waals surface area contributed by atoms with Crippen LogP contribution in [0.25, 0.3) is 0 Å². The van der Waals surface area contributed by atoms with Crippen LogP contribution in [0.4, 0.5) is 0 Å². The molecule has 2 amide bonds. The van der Waals surface area contributed by atoms with Crippen LogP contribution >= 0.6 is 22.7 Å². The molecule has 0 aliphatic carbocycles. The molecule has 1 aliphatic heterocycles.